The van der Waals surface area contributed by atoms with Crippen molar-refractivity contribution in [2.45, 2.75) is 98.0 Å². The first-order valence-corrected chi connectivity index (χ1v) is 19.7. The molecule has 0 radical (unpaired) electrons. The number of amides is 2. The maximum Gasteiger partial charge on any atom is 0.256 e. The first-order chi connectivity index (χ1) is 25.9. The van der Waals surface area contributed by atoms with Crippen LogP contribution >= 0.6 is 0 Å². The van der Waals surface area contributed by atoms with Gasteiger partial charge in [0.25, 0.3) is 11.8 Å². The number of carbonyl (C=O) groups is 2. The van der Waals surface area contributed by atoms with Gasteiger partial charge in [-0.05, 0) is 114 Å². The van der Waals surface area contributed by atoms with Crippen molar-refractivity contribution < 1.29 is 23.9 Å². The lowest BCUT2D eigenvalue weighted by molar-refractivity contribution is -0.110. The Hall–Kier alpha value is -4.58. The van der Waals surface area contributed by atoms with Crippen LogP contribution in [0.3, 0.4) is 0 Å². The minimum absolute atomic E-state index is 0.0441. The number of halogens is 1. The number of aromatic amines is 1. The number of aliphatic hydroxyl groups is 1. The van der Waals surface area contributed by atoms with E-state index in [1.165, 1.54) is 17.0 Å². The molecule has 2 aliphatic carbocycles. The maximum atomic E-state index is 14.9. The van der Waals surface area contributed by atoms with Crippen LogP contribution in [0, 0.1) is 41.3 Å². The van der Waals surface area contributed by atoms with E-state index in [4.69, 9.17) is 4.84 Å². The van der Waals surface area contributed by atoms with Crippen molar-refractivity contribution >= 4 is 40.3 Å². The van der Waals surface area contributed by atoms with Crippen molar-refractivity contribution in [3.63, 3.8) is 0 Å². The molecule has 2 amide bonds. The average Bonchev–Trinajstić information content (AvgIpc) is 3.82. The van der Waals surface area contributed by atoms with E-state index >= 15 is 0 Å². The van der Waals surface area contributed by atoms with Crippen molar-refractivity contribution in [3.8, 4) is 0 Å². The van der Waals surface area contributed by atoms with Gasteiger partial charge in [0.05, 0.1) is 11.1 Å². The van der Waals surface area contributed by atoms with Gasteiger partial charge in [0.1, 0.15) is 24.0 Å². The van der Waals surface area contributed by atoms with Crippen molar-refractivity contribution in [1.29, 1.82) is 0 Å². The molecule has 11 nitrogen and oxygen atoms in total. The Bertz CT molecular complexity index is 2040. The lowest BCUT2D eigenvalue weighted by Crippen LogP contribution is -2.38. The number of nitrogens with one attached hydrogen (secondary N) is 3. The summed E-state index contributed by atoms with van der Waals surface area (Å²) in [5.74, 6) is 1.48. The molecule has 4 N–H and O–H groups in total. The molecule has 1 aliphatic heterocycles. The van der Waals surface area contributed by atoms with Crippen molar-refractivity contribution in [2.75, 3.05) is 18.5 Å². The number of anilines is 1. The summed E-state index contributed by atoms with van der Waals surface area (Å²) in [6, 6.07) is 7.86. The summed E-state index contributed by atoms with van der Waals surface area (Å²) < 4.78 is 14.6. The molecule has 0 bridgehead atoms. The minimum Gasteiger partial charge on any atom is -0.391 e. The number of benzene rings is 1. The fourth-order valence-corrected chi connectivity index (χ4v) is 9.44. The van der Waals surface area contributed by atoms with E-state index < -0.39 is 11.9 Å². The van der Waals surface area contributed by atoms with Crippen LogP contribution in [0.25, 0.3) is 22.8 Å². The first kappa shape index (κ1) is 37.7. The molecule has 0 spiro atoms. The van der Waals surface area contributed by atoms with E-state index in [1.807, 2.05) is 6.08 Å². The van der Waals surface area contributed by atoms with Crippen LogP contribution < -0.4 is 15.5 Å². The van der Waals surface area contributed by atoms with Gasteiger partial charge in [-0.2, -0.15) is 0 Å². The normalized spacial score (nSPS) is 25.7. The van der Waals surface area contributed by atoms with Crippen LogP contribution in [0.1, 0.15) is 125 Å². The fourth-order valence-electron chi connectivity index (χ4n) is 9.44. The third-order valence-electron chi connectivity index (χ3n) is 12.2. The second-order valence-electron chi connectivity index (χ2n) is 16.8. The van der Waals surface area contributed by atoms with Crippen molar-refractivity contribution in [3.05, 3.63) is 70.4 Å². The Morgan fingerprint density at radius 3 is 2.48 bits per heavy atom. The predicted octanol–water partition coefficient (Wildman–Crippen LogP) is 7.36. The summed E-state index contributed by atoms with van der Waals surface area (Å²) in [5, 5.41) is 25.1. The Kier molecular flexibility index (Phi) is 10.9. The van der Waals surface area contributed by atoms with E-state index in [1.54, 1.807) is 24.4 Å². The molecule has 0 saturated heterocycles. The maximum absolute atomic E-state index is 14.9. The van der Waals surface area contributed by atoms with Crippen LogP contribution in [0.5, 0.6) is 0 Å². The largest absolute Gasteiger partial charge is 0.391 e. The summed E-state index contributed by atoms with van der Waals surface area (Å²) >= 11 is 0. The van der Waals surface area contributed by atoms with Gasteiger partial charge in [-0.25, -0.2) is 9.37 Å². The van der Waals surface area contributed by atoms with Gasteiger partial charge in [-0.1, -0.05) is 59.2 Å². The number of hydrogen-bond acceptors (Lipinski definition) is 7. The van der Waals surface area contributed by atoms with Gasteiger partial charge in [0.2, 0.25) is 5.65 Å². The zero-order valence-corrected chi connectivity index (χ0v) is 32.2. The average molecular weight is 740 g/mol. The molecular weight excluding hydrogens is 686 g/mol. The highest BCUT2D eigenvalue weighted by atomic mass is 19.1. The molecule has 2 saturated carbocycles. The zero-order valence-electron chi connectivity index (χ0n) is 32.2. The zero-order chi connectivity index (χ0) is 38.3. The van der Waals surface area contributed by atoms with E-state index in [9.17, 15) is 19.1 Å². The summed E-state index contributed by atoms with van der Waals surface area (Å²) in [7, 11) is 0. The van der Waals surface area contributed by atoms with Gasteiger partial charge in [0.15, 0.2) is 0 Å². The Morgan fingerprint density at radius 1 is 1.06 bits per heavy atom. The fraction of sp³-hybridized carbons (Fsp3) is 0.548. The summed E-state index contributed by atoms with van der Waals surface area (Å²) in [6.07, 6.45) is 8.58. The first-order valence-electron chi connectivity index (χ1n) is 19.7. The highest BCUT2D eigenvalue weighted by Gasteiger charge is 2.42. The molecular formula is C42H54FN7O4. The number of rotatable bonds is 11. The van der Waals surface area contributed by atoms with E-state index in [2.05, 4.69) is 72.5 Å². The van der Waals surface area contributed by atoms with Gasteiger partial charge < -0.3 is 25.6 Å². The summed E-state index contributed by atoms with van der Waals surface area (Å²) in [6.45, 7) is 13.4. The quantitative estimate of drug-likeness (QED) is 0.118. The molecule has 3 aromatic heterocycles. The molecule has 4 heterocycles. The van der Waals surface area contributed by atoms with Gasteiger partial charge in [0, 0.05) is 41.3 Å². The van der Waals surface area contributed by atoms with Crippen LogP contribution in [0.15, 0.2) is 36.5 Å². The third-order valence-corrected chi connectivity index (χ3v) is 12.2. The van der Waals surface area contributed by atoms with Crippen LogP contribution in [0.4, 0.5) is 10.1 Å². The third kappa shape index (κ3) is 7.54. The standard InChI is InChI=1S/C42H54FN7O4/c1-22(2)28-12-9-24(5)16-31(28)37-36(19-33-30-18-26(43)11-14-34(30)47-41(33)52)46-39(32-17-25(6)10-13-29(32)23(3)4)38(37)42(53)45-20-27(51)21-54-50-40-35(48-49-50)8-7-15-44-40/h7-8,11,14-15,18-19,22-25,27-29,31-32,46,51H,9-10,12-13,16-17,20-21H2,1-6H3,(H,45,53)(H,47,52)/b33-19-. The van der Waals surface area contributed by atoms with Gasteiger partial charge in [-0.3, -0.25) is 9.59 Å². The Labute approximate surface area is 316 Å². The van der Waals surface area contributed by atoms with Crippen molar-refractivity contribution in [1.82, 2.24) is 30.4 Å². The molecule has 12 heteroatoms. The van der Waals surface area contributed by atoms with E-state index in [0.29, 0.717) is 69.1 Å². The Morgan fingerprint density at radius 2 is 1.76 bits per heavy atom. The second-order valence-corrected chi connectivity index (χ2v) is 16.8. The van der Waals surface area contributed by atoms with E-state index in [0.717, 1.165) is 55.5 Å². The predicted molar refractivity (Wildman–Crippen MR) is 207 cm³/mol. The summed E-state index contributed by atoms with van der Waals surface area (Å²) in [4.78, 5) is 43.4. The monoisotopic (exact) mass is 739 g/mol. The number of nitrogens with zero attached hydrogens (tertiary/aromatic N) is 4. The van der Waals surface area contributed by atoms with Crippen LogP contribution in [-0.4, -0.2) is 61.3 Å². The lowest BCUT2D eigenvalue weighted by atomic mass is 9.65. The minimum atomic E-state index is -1.05. The molecule has 7 atom stereocenters. The highest BCUT2D eigenvalue weighted by Crippen LogP contribution is 2.51. The van der Waals surface area contributed by atoms with Crippen LogP contribution in [0.2, 0.25) is 0 Å². The smallest absolute Gasteiger partial charge is 0.256 e. The van der Waals surface area contributed by atoms with Crippen molar-refractivity contribution in [2.24, 2.45) is 35.5 Å². The highest BCUT2D eigenvalue weighted by molar-refractivity contribution is 6.35. The van der Waals surface area contributed by atoms with Crippen LogP contribution in [-0.2, 0) is 4.79 Å². The topological polar surface area (TPSA) is 147 Å². The number of fused-ring (bicyclic) bond motifs is 2. The number of aliphatic hydroxyl groups excluding tert-OH is 1. The second kappa shape index (κ2) is 15.6. The molecule has 1 aromatic carbocycles. The number of aromatic nitrogens is 5. The Balaban J connectivity index is 1.31. The van der Waals surface area contributed by atoms with Gasteiger partial charge in [-0.15, -0.1) is 5.10 Å². The molecule has 2 fully saturated rings. The van der Waals surface area contributed by atoms with Gasteiger partial charge >= 0.3 is 0 Å². The lowest BCUT2D eigenvalue weighted by Gasteiger charge is -2.39. The summed E-state index contributed by atoms with van der Waals surface area (Å²) in [5.41, 5.74) is 5.61. The molecule has 288 valence electrons. The molecule has 3 aliphatic rings. The number of hydrogen-bond donors (Lipinski definition) is 4. The molecule has 7 unspecified atom stereocenters. The number of carbonyl (C=O) groups excluding carboxylic acids is 2. The SMILES string of the molecule is CC1CCC(C(C)C)C(c2[nH]c(/C=C3\C(=O)Nc4ccc(F)cc43)c(C3CC(C)CCC3C(C)C)c2C(=O)NCC(O)COn2nnc3cccnc32)C1. The number of H-pyrrole nitrogens is 1. The number of pyridine rings is 1. The van der Waals surface area contributed by atoms with E-state index in [-0.39, 0.29) is 36.8 Å². The molecule has 54 heavy (non-hydrogen) atoms. The molecule has 7 rings (SSSR count). The molecule has 4 aromatic rings.